The van der Waals surface area contributed by atoms with E-state index in [9.17, 15) is 4.79 Å². The van der Waals surface area contributed by atoms with Crippen LogP contribution < -0.4 is 14.8 Å². The van der Waals surface area contributed by atoms with E-state index in [1.165, 1.54) is 5.56 Å². The second kappa shape index (κ2) is 8.36. The van der Waals surface area contributed by atoms with Crippen molar-refractivity contribution in [3.63, 3.8) is 0 Å². The van der Waals surface area contributed by atoms with Gasteiger partial charge in [-0.15, -0.1) is 0 Å². The average molecular weight is 425 g/mol. The Morgan fingerprint density at radius 1 is 1.29 bits per heavy atom. The maximum absolute atomic E-state index is 11.8. The molecule has 1 saturated carbocycles. The van der Waals surface area contributed by atoms with Crippen LogP contribution in [-0.2, 0) is 11.3 Å². The Bertz CT molecular complexity index is 925. The number of nitrogens with zero attached hydrogens (tertiary/aromatic N) is 2. The van der Waals surface area contributed by atoms with Gasteiger partial charge in [0, 0.05) is 37.7 Å². The molecule has 2 aliphatic heterocycles. The first-order valence-electron chi connectivity index (χ1n) is 10.7. The molecule has 164 valence electrons. The van der Waals surface area contributed by atoms with Crippen LogP contribution in [0.2, 0.25) is 0 Å². The van der Waals surface area contributed by atoms with Crippen LogP contribution in [0.1, 0.15) is 24.2 Å². The molecule has 1 aromatic carbocycles. The zero-order valence-corrected chi connectivity index (χ0v) is 17.4. The first-order chi connectivity index (χ1) is 15.1. The number of carbonyl (C=O) groups excluding carboxylic acids is 1. The molecule has 8 heteroatoms. The highest BCUT2D eigenvalue weighted by Gasteiger charge is 2.58. The molecule has 1 saturated heterocycles. The SMILES string of the molecule is C[C@@H](CO)NC(=O)O[C@H]1[C@@H]2CN(Cc3ccc([C@H]4COc5cccnc5O4)cc3)C[C@@H]21. The predicted octanol–water partition coefficient (Wildman–Crippen LogP) is 2.13. The molecule has 0 radical (unpaired) electrons. The topological polar surface area (TPSA) is 93.2 Å². The third-order valence-electron chi connectivity index (χ3n) is 6.21. The van der Waals surface area contributed by atoms with Crippen molar-refractivity contribution in [3.05, 3.63) is 53.7 Å². The lowest BCUT2D eigenvalue weighted by molar-refractivity contribution is 0.0850. The summed E-state index contributed by atoms with van der Waals surface area (Å²) in [6.45, 7) is 4.86. The number of pyridine rings is 1. The lowest BCUT2D eigenvalue weighted by atomic mass is 10.1. The minimum atomic E-state index is -0.435. The molecule has 1 amide bonds. The van der Waals surface area contributed by atoms with Gasteiger partial charge in [0.1, 0.15) is 12.7 Å². The molecular formula is C23H27N3O5. The number of ether oxygens (including phenoxy) is 3. The molecule has 2 aromatic rings. The zero-order valence-electron chi connectivity index (χ0n) is 17.4. The minimum Gasteiger partial charge on any atom is -0.484 e. The molecule has 1 aliphatic carbocycles. The van der Waals surface area contributed by atoms with Crippen LogP contribution in [0.5, 0.6) is 11.6 Å². The normalized spacial score (nSPS) is 27.3. The van der Waals surface area contributed by atoms with Gasteiger partial charge in [0.15, 0.2) is 11.9 Å². The van der Waals surface area contributed by atoms with Crippen LogP contribution in [0.15, 0.2) is 42.6 Å². The fraction of sp³-hybridized carbons (Fsp3) is 0.478. The van der Waals surface area contributed by atoms with Gasteiger partial charge in [-0.3, -0.25) is 4.90 Å². The number of hydrogen-bond acceptors (Lipinski definition) is 7. The molecule has 2 N–H and O–H groups in total. The quantitative estimate of drug-likeness (QED) is 0.732. The van der Waals surface area contributed by atoms with Crippen LogP contribution in [0, 0.1) is 11.8 Å². The fourth-order valence-electron chi connectivity index (χ4n) is 4.44. The molecule has 0 spiro atoms. The van der Waals surface area contributed by atoms with Crippen LogP contribution in [0.3, 0.4) is 0 Å². The van der Waals surface area contributed by atoms with E-state index in [1.807, 2.05) is 12.1 Å². The third-order valence-corrected chi connectivity index (χ3v) is 6.21. The Labute approximate surface area is 181 Å². The molecule has 5 rings (SSSR count). The zero-order chi connectivity index (χ0) is 21.4. The molecule has 8 nitrogen and oxygen atoms in total. The average Bonchev–Trinajstić information content (AvgIpc) is 3.22. The van der Waals surface area contributed by atoms with E-state index in [-0.39, 0.29) is 24.9 Å². The smallest absolute Gasteiger partial charge is 0.407 e. The molecule has 0 unspecified atom stereocenters. The number of rotatable bonds is 6. The van der Waals surface area contributed by atoms with E-state index in [4.69, 9.17) is 19.3 Å². The Hall–Kier alpha value is -2.84. The number of carbonyl (C=O) groups is 1. The van der Waals surface area contributed by atoms with E-state index in [0.717, 1.165) is 25.2 Å². The van der Waals surface area contributed by atoms with E-state index < -0.39 is 6.09 Å². The number of nitrogens with one attached hydrogen (secondary N) is 1. The molecule has 5 atom stereocenters. The number of aromatic nitrogens is 1. The van der Waals surface area contributed by atoms with Crippen molar-refractivity contribution in [3.8, 4) is 11.6 Å². The Morgan fingerprint density at radius 2 is 2.06 bits per heavy atom. The Balaban J connectivity index is 1.10. The number of aliphatic hydroxyl groups is 1. The number of amides is 1. The van der Waals surface area contributed by atoms with Crippen LogP contribution >= 0.6 is 0 Å². The van der Waals surface area contributed by atoms with Gasteiger partial charge in [0.25, 0.3) is 5.88 Å². The summed E-state index contributed by atoms with van der Waals surface area (Å²) in [6, 6.07) is 11.9. The van der Waals surface area contributed by atoms with E-state index >= 15 is 0 Å². The minimum absolute atomic E-state index is 0.00413. The highest BCUT2D eigenvalue weighted by Crippen LogP contribution is 2.48. The second-order valence-electron chi connectivity index (χ2n) is 8.59. The van der Waals surface area contributed by atoms with Crippen LogP contribution in [-0.4, -0.2) is 59.5 Å². The standard InChI is InChI=1S/C23H27N3O5/c1-14(12-27)25-23(28)31-21-17-10-26(11-18(17)21)9-15-4-6-16(7-5-15)20-13-29-19-3-2-8-24-22(19)30-20/h2-8,14,17-18,20-21,27H,9-13H2,1H3,(H,25,28)/t14-,17-,18+,20+,21+/m0/s1. The van der Waals surface area contributed by atoms with Crippen molar-refractivity contribution in [1.29, 1.82) is 0 Å². The number of likely N-dealkylation sites (tertiary alicyclic amines) is 1. The maximum Gasteiger partial charge on any atom is 0.407 e. The van der Waals surface area contributed by atoms with E-state index in [0.29, 0.717) is 30.1 Å². The third kappa shape index (κ3) is 4.31. The first-order valence-corrected chi connectivity index (χ1v) is 10.7. The Morgan fingerprint density at radius 3 is 2.81 bits per heavy atom. The van der Waals surface area contributed by atoms with Crippen molar-refractivity contribution in [2.45, 2.75) is 31.7 Å². The molecular weight excluding hydrogens is 398 g/mol. The fourth-order valence-corrected chi connectivity index (χ4v) is 4.44. The van der Waals surface area contributed by atoms with Gasteiger partial charge in [-0.1, -0.05) is 24.3 Å². The van der Waals surface area contributed by atoms with Gasteiger partial charge >= 0.3 is 6.09 Å². The first kappa shape index (κ1) is 20.1. The number of hydrogen-bond donors (Lipinski definition) is 2. The maximum atomic E-state index is 11.8. The summed E-state index contributed by atoms with van der Waals surface area (Å²) in [7, 11) is 0. The van der Waals surface area contributed by atoms with Gasteiger partial charge in [-0.2, -0.15) is 0 Å². The van der Waals surface area contributed by atoms with Gasteiger partial charge in [-0.05, 0) is 30.2 Å². The predicted molar refractivity (Wildman–Crippen MR) is 112 cm³/mol. The Kier molecular flexibility index (Phi) is 5.41. The summed E-state index contributed by atoms with van der Waals surface area (Å²) in [5.74, 6) is 2.05. The van der Waals surface area contributed by atoms with Crippen LogP contribution in [0.4, 0.5) is 4.79 Å². The molecule has 2 fully saturated rings. The molecule has 0 bridgehead atoms. The summed E-state index contributed by atoms with van der Waals surface area (Å²) < 4.78 is 17.2. The molecule has 3 heterocycles. The number of fused-ring (bicyclic) bond motifs is 2. The summed E-state index contributed by atoms with van der Waals surface area (Å²) >= 11 is 0. The largest absolute Gasteiger partial charge is 0.484 e. The van der Waals surface area contributed by atoms with E-state index in [1.54, 1.807) is 13.1 Å². The summed E-state index contributed by atoms with van der Waals surface area (Å²) in [5.41, 5.74) is 2.31. The summed E-state index contributed by atoms with van der Waals surface area (Å²) in [5, 5.41) is 11.6. The highest BCUT2D eigenvalue weighted by molar-refractivity contribution is 5.68. The summed E-state index contributed by atoms with van der Waals surface area (Å²) in [6.07, 6.45) is 1.11. The number of benzene rings is 1. The number of piperidine rings is 1. The van der Waals surface area contributed by atoms with Crippen LogP contribution in [0.25, 0.3) is 0 Å². The van der Waals surface area contributed by atoms with Gasteiger partial charge in [0.05, 0.1) is 12.6 Å². The monoisotopic (exact) mass is 425 g/mol. The number of aliphatic hydroxyl groups excluding tert-OH is 1. The molecule has 31 heavy (non-hydrogen) atoms. The van der Waals surface area contributed by atoms with Crippen molar-refractivity contribution < 1.29 is 24.1 Å². The van der Waals surface area contributed by atoms with Crippen molar-refractivity contribution >= 4 is 6.09 Å². The second-order valence-corrected chi connectivity index (χ2v) is 8.59. The van der Waals surface area contributed by atoms with Gasteiger partial charge < -0.3 is 24.6 Å². The lowest BCUT2D eigenvalue weighted by Gasteiger charge is -2.26. The number of alkyl carbamates (subject to hydrolysis) is 1. The van der Waals surface area contributed by atoms with Crippen molar-refractivity contribution in [2.75, 3.05) is 26.3 Å². The summed E-state index contributed by atoms with van der Waals surface area (Å²) in [4.78, 5) is 18.5. The van der Waals surface area contributed by atoms with Gasteiger partial charge in [-0.25, -0.2) is 9.78 Å². The molecule has 3 aliphatic rings. The highest BCUT2D eigenvalue weighted by atomic mass is 16.6. The molecule has 1 aromatic heterocycles. The van der Waals surface area contributed by atoms with Crippen molar-refractivity contribution in [2.24, 2.45) is 11.8 Å². The lowest BCUT2D eigenvalue weighted by Crippen LogP contribution is -2.37. The van der Waals surface area contributed by atoms with Crippen molar-refractivity contribution in [1.82, 2.24) is 15.2 Å². The van der Waals surface area contributed by atoms with Gasteiger partial charge in [0.2, 0.25) is 0 Å². The van der Waals surface area contributed by atoms with E-state index in [2.05, 4.69) is 39.5 Å².